The molecule has 0 heterocycles. The first kappa shape index (κ1) is 14.5. The first-order valence-electron chi connectivity index (χ1n) is 5.77. The molecule has 0 spiro atoms. The monoisotopic (exact) mass is 254 g/mol. The zero-order valence-electron chi connectivity index (χ0n) is 10.4. The summed E-state index contributed by atoms with van der Waals surface area (Å²) in [7, 11) is 1.64. The van der Waals surface area contributed by atoms with Crippen molar-refractivity contribution < 1.29 is 24.1 Å². The molecule has 5 heteroatoms. The quantitative estimate of drug-likeness (QED) is 0.681. The molecule has 0 amide bonds. The van der Waals surface area contributed by atoms with Gasteiger partial charge in [0.15, 0.2) is 0 Å². The summed E-state index contributed by atoms with van der Waals surface area (Å²) in [6, 6.07) is 6.55. The average molecular weight is 254 g/mol. The molecule has 0 bridgehead atoms. The van der Waals surface area contributed by atoms with Crippen molar-refractivity contribution >= 4 is 5.97 Å². The maximum absolute atomic E-state index is 10.9. The lowest BCUT2D eigenvalue weighted by atomic mass is 10.2. The van der Waals surface area contributed by atoms with Gasteiger partial charge in [0.1, 0.15) is 17.9 Å². The van der Waals surface area contributed by atoms with Crippen LogP contribution >= 0.6 is 0 Å². The van der Waals surface area contributed by atoms with Crippen LogP contribution in [0.25, 0.3) is 0 Å². The molecule has 0 fully saturated rings. The van der Waals surface area contributed by atoms with Crippen LogP contribution in [0.5, 0.6) is 5.75 Å². The Bertz CT molecular complexity index is 364. The van der Waals surface area contributed by atoms with Crippen LogP contribution in [0, 0.1) is 0 Å². The number of carboxylic acids is 1. The SMILES string of the molecule is COCCCOCCOc1ccccc1C(=O)O. The molecule has 0 aliphatic carbocycles. The normalized spacial score (nSPS) is 10.3. The van der Waals surface area contributed by atoms with Crippen LogP contribution in [0.1, 0.15) is 16.8 Å². The molecule has 1 N–H and O–H groups in total. The second-order valence-electron chi connectivity index (χ2n) is 3.61. The molecule has 1 aromatic carbocycles. The largest absolute Gasteiger partial charge is 0.490 e. The van der Waals surface area contributed by atoms with E-state index in [9.17, 15) is 4.79 Å². The summed E-state index contributed by atoms with van der Waals surface area (Å²) in [6.07, 6.45) is 0.836. The molecule has 1 rings (SSSR count). The standard InChI is InChI=1S/C13H18O5/c1-16-7-4-8-17-9-10-18-12-6-3-2-5-11(12)13(14)15/h2-3,5-6H,4,7-10H2,1H3,(H,14,15). The van der Waals surface area contributed by atoms with Crippen LogP contribution in [0.2, 0.25) is 0 Å². The van der Waals surface area contributed by atoms with Crippen LogP contribution in [0.3, 0.4) is 0 Å². The predicted octanol–water partition coefficient (Wildman–Crippen LogP) is 1.82. The van der Waals surface area contributed by atoms with E-state index in [4.69, 9.17) is 19.3 Å². The Hall–Kier alpha value is -1.59. The van der Waals surface area contributed by atoms with Crippen LogP contribution in [0.15, 0.2) is 24.3 Å². The number of rotatable bonds is 9. The predicted molar refractivity (Wildman–Crippen MR) is 66.2 cm³/mol. The van der Waals surface area contributed by atoms with Gasteiger partial charge in [0.2, 0.25) is 0 Å². The summed E-state index contributed by atoms with van der Waals surface area (Å²) in [4.78, 5) is 10.9. The highest BCUT2D eigenvalue weighted by molar-refractivity contribution is 5.90. The van der Waals surface area contributed by atoms with Crippen LogP contribution in [0.4, 0.5) is 0 Å². The van der Waals surface area contributed by atoms with E-state index >= 15 is 0 Å². The van der Waals surface area contributed by atoms with E-state index in [1.165, 1.54) is 6.07 Å². The van der Waals surface area contributed by atoms with E-state index in [1.54, 1.807) is 25.3 Å². The third-order valence-electron chi connectivity index (χ3n) is 2.24. The highest BCUT2D eigenvalue weighted by Crippen LogP contribution is 2.17. The van der Waals surface area contributed by atoms with Gasteiger partial charge in [0.25, 0.3) is 0 Å². The summed E-state index contributed by atoms with van der Waals surface area (Å²) in [6.45, 7) is 2.04. The Kier molecular flexibility index (Phi) is 6.83. The average Bonchev–Trinajstić information content (AvgIpc) is 2.38. The lowest BCUT2D eigenvalue weighted by Crippen LogP contribution is -2.10. The van der Waals surface area contributed by atoms with Gasteiger partial charge in [-0.05, 0) is 18.6 Å². The fourth-order valence-electron chi connectivity index (χ4n) is 1.39. The number of carbonyl (C=O) groups is 1. The third-order valence-corrected chi connectivity index (χ3v) is 2.24. The first-order valence-corrected chi connectivity index (χ1v) is 5.77. The third kappa shape index (κ3) is 5.16. The number of methoxy groups -OCH3 is 1. The Labute approximate surface area is 106 Å². The minimum atomic E-state index is -0.994. The van der Waals surface area contributed by atoms with Crippen molar-refractivity contribution in [3.8, 4) is 5.75 Å². The number of ether oxygens (including phenoxy) is 3. The lowest BCUT2D eigenvalue weighted by Gasteiger charge is -2.09. The second kappa shape index (κ2) is 8.49. The number of benzene rings is 1. The second-order valence-corrected chi connectivity index (χ2v) is 3.61. The molecular formula is C13H18O5. The summed E-state index contributed by atoms with van der Waals surface area (Å²) < 4.78 is 15.6. The number of hydrogen-bond acceptors (Lipinski definition) is 4. The van der Waals surface area contributed by atoms with Gasteiger partial charge in [0.05, 0.1) is 6.61 Å². The van der Waals surface area contributed by atoms with Crippen LogP contribution in [-0.2, 0) is 9.47 Å². The Balaban J connectivity index is 2.25. The van der Waals surface area contributed by atoms with E-state index < -0.39 is 5.97 Å². The Morgan fingerprint density at radius 2 is 1.94 bits per heavy atom. The van der Waals surface area contributed by atoms with Gasteiger partial charge >= 0.3 is 5.97 Å². The smallest absolute Gasteiger partial charge is 0.339 e. The van der Waals surface area contributed by atoms with E-state index in [2.05, 4.69) is 0 Å². The summed E-state index contributed by atoms with van der Waals surface area (Å²) >= 11 is 0. The molecule has 0 aromatic heterocycles. The minimum Gasteiger partial charge on any atom is -0.490 e. The van der Waals surface area contributed by atoms with Crippen molar-refractivity contribution in [3.05, 3.63) is 29.8 Å². The van der Waals surface area contributed by atoms with Crippen molar-refractivity contribution in [3.63, 3.8) is 0 Å². The fourth-order valence-corrected chi connectivity index (χ4v) is 1.39. The van der Waals surface area contributed by atoms with E-state index in [-0.39, 0.29) is 5.56 Å². The van der Waals surface area contributed by atoms with Crippen LogP contribution in [-0.4, -0.2) is 44.6 Å². The minimum absolute atomic E-state index is 0.164. The van der Waals surface area contributed by atoms with Crippen molar-refractivity contribution in [1.82, 2.24) is 0 Å². The maximum atomic E-state index is 10.9. The molecule has 1 aromatic rings. The molecule has 0 radical (unpaired) electrons. The molecule has 0 saturated heterocycles. The highest BCUT2D eigenvalue weighted by Gasteiger charge is 2.09. The highest BCUT2D eigenvalue weighted by atomic mass is 16.5. The molecule has 100 valence electrons. The van der Waals surface area contributed by atoms with Gasteiger partial charge in [-0.3, -0.25) is 0 Å². The van der Waals surface area contributed by atoms with Gasteiger partial charge in [-0.1, -0.05) is 12.1 Å². The van der Waals surface area contributed by atoms with Gasteiger partial charge in [-0.15, -0.1) is 0 Å². The molecule has 0 unspecified atom stereocenters. The molecule has 0 aliphatic heterocycles. The number of aromatic carboxylic acids is 1. The van der Waals surface area contributed by atoms with Gasteiger partial charge in [-0.2, -0.15) is 0 Å². The molecule has 0 saturated carbocycles. The topological polar surface area (TPSA) is 65.0 Å². The molecule has 0 aliphatic rings. The fraction of sp³-hybridized carbons (Fsp3) is 0.462. The number of carboxylic acid groups (broad SMARTS) is 1. The molecule has 18 heavy (non-hydrogen) atoms. The zero-order valence-corrected chi connectivity index (χ0v) is 10.4. The van der Waals surface area contributed by atoms with E-state index in [0.29, 0.717) is 32.2 Å². The lowest BCUT2D eigenvalue weighted by molar-refractivity contribution is 0.0677. The van der Waals surface area contributed by atoms with Gasteiger partial charge < -0.3 is 19.3 Å². The summed E-state index contributed by atoms with van der Waals surface area (Å²) in [5.74, 6) is -0.628. The van der Waals surface area contributed by atoms with Crippen LogP contribution < -0.4 is 4.74 Å². The number of para-hydroxylation sites is 1. The maximum Gasteiger partial charge on any atom is 0.339 e. The Morgan fingerprint density at radius 3 is 2.67 bits per heavy atom. The van der Waals surface area contributed by atoms with Gasteiger partial charge in [0, 0.05) is 20.3 Å². The van der Waals surface area contributed by atoms with E-state index in [0.717, 1.165) is 6.42 Å². The van der Waals surface area contributed by atoms with Crippen molar-refractivity contribution in [1.29, 1.82) is 0 Å². The summed E-state index contributed by atoms with van der Waals surface area (Å²) in [5.41, 5.74) is 0.164. The first-order chi connectivity index (χ1) is 8.75. The van der Waals surface area contributed by atoms with Gasteiger partial charge in [-0.25, -0.2) is 4.79 Å². The Morgan fingerprint density at radius 1 is 1.17 bits per heavy atom. The zero-order chi connectivity index (χ0) is 13.2. The van der Waals surface area contributed by atoms with Crippen molar-refractivity contribution in [2.24, 2.45) is 0 Å². The van der Waals surface area contributed by atoms with Crippen molar-refractivity contribution in [2.75, 3.05) is 33.5 Å². The molecule has 0 atom stereocenters. The van der Waals surface area contributed by atoms with E-state index in [1.807, 2.05) is 0 Å². The number of hydrogen-bond donors (Lipinski definition) is 1. The van der Waals surface area contributed by atoms with Crippen molar-refractivity contribution in [2.45, 2.75) is 6.42 Å². The molecule has 5 nitrogen and oxygen atoms in total. The molecular weight excluding hydrogens is 236 g/mol. The summed E-state index contributed by atoms with van der Waals surface area (Å²) in [5, 5.41) is 8.94.